The number of carbonyl (C=O) groups is 1. The zero-order valence-corrected chi connectivity index (χ0v) is 11.2. The van der Waals surface area contributed by atoms with Crippen LogP contribution in [0.2, 0.25) is 0 Å². The van der Waals surface area contributed by atoms with E-state index in [1.165, 1.54) is 12.3 Å². The van der Waals surface area contributed by atoms with Gasteiger partial charge in [0.15, 0.2) is 0 Å². The Hall–Kier alpha value is -3.07. The summed E-state index contributed by atoms with van der Waals surface area (Å²) >= 11 is 0. The van der Waals surface area contributed by atoms with Gasteiger partial charge >= 0.3 is 5.97 Å². The van der Waals surface area contributed by atoms with E-state index < -0.39 is 5.97 Å². The van der Waals surface area contributed by atoms with Crippen LogP contribution in [0.1, 0.15) is 16.8 Å². The molecule has 0 fully saturated rings. The lowest BCUT2D eigenvalue weighted by atomic mass is 10.2. The normalized spacial score (nSPS) is 9.86. The number of nitrogen functional groups attached to an aromatic ring is 1. The number of hydrogen-bond acceptors (Lipinski definition) is 5. The van der Waals surface area contributed by atoms with Crippen LogP contribution < -0.4 is 10.6 Å². The standard InChI is InChI=1S/C15H14N4O2/c16-7-4-8-19(11-5-2-1-3-6-11)14-9-12(15(20)21)13(17)10-18-14/h1-3,5-6,9-10H,4,8,17H2,(H,20,21). The summed E-state index contributed by atoms with van der Waals surface area (Å²) in [5.74, 6) is -0.660. The number of nitrogens with zero attached hydrogens (tertiary/aromatic N) is 3. The SMILES string of the molecule is N#CCCN(c1ccccc1)c1cc(C(=O)O)c(N)cn1. The molecule has 0 aliphatic carbocycles. The molecule has 1 aromatic heterocycles. The monoisotopic (exact) mass is 282 g/mol. The minimum Gasteiger partial charge on any atom is -0.478 e. The maximum Gasteiger partial charge on any atom is 0.337 e. The lowest BCUT2D eigenvalue weighted by Crippen LogP contribution is -2.20. The number of aromatic carboxylic acids is 1. The third kappa shape index (κ3) is 3.28. The van der Waals surface area contributed by atoms with Crippen LogP contribution in [-0.4, -0.2) is 22.6 Å². The van der Waals surface area contributed by atoms with Gasteiger partial charge in [-0.25, -0.2) is 9.78 Å². The molecular formula is C15H14N4O2. The summed E-state index contributed by atoms with van der Waals surface area (Å²) in [6.45, 7) is 0.413. The molecule has 106 valence electrons. The predicted octanol–water partition coefficient (Wildman–Crippen LogP) is 2.41. The quantitative estimate of drug-likeness (QED) is 0.872. The van der Waals surface area contributed by atoms with Crippen LogP contribution in [-0.2, 0) is 0 Å². The molecule has 3 N–H and O–H groups in total. The molecule has 0 aliphatic heterocycles. The van der Waals surface area contributed by atoms with Crippen LogP contribution in [0.15, 0.2) is 42.6 Å². The molecule has 0 aliphatic rings. The Morgan fingerprint density at radius 3 is 2.71 bits per heavy atom. The van der Waals surface area contributed by atoms with E-state index in [0.29, 0.717) is 18.8 Å². The first-order chi connectivity index (χ1) is 10.1. The third-order valence-corrected chi connectivity index (χ3v) is 2.94. The number of para-hydroxylation sites is 1. The molecule has 6 nitrogen and oxygen atoms in total. The van der Waals surface area contributed by atoms with Gasteiger partial charge in [0.1, 0.15) is 5.82 Å². The summed E-state index contributed by atoms with van der Waals surface area (Å²) in [4.78, 5) is 17.1. The summed E-state index contributed by atoms with van der Waals surface area (Å²) in [5, 5.41) is 17.9. The molecule has 0 spiro atoms. The van der Waals surface area contributed by atoms with Crippen molar-refractivity contribution in [2.24, 2.45) is 0 Å². The van der Waals surface area contributed by atoms with Crippen molar-refractivity contribution in [2.75, 3.05) is 17.2 Å². The number of benzene rings is 1. The number of carboxylic acid groups (broad SMARTS) is 1. The molecular weight excluding hydrogens is 268 g/mol. The Bertz CT molecular complexity index is 680. The van der Waals surface area contributed by atoms with E-state index in [2.05, 4.69) is 11.1 Å². The number of nitrogens with two attached hydrogens (primary N) is 1. The first kappa shape index (κ1) is 14.3. The van der Waals surface area contributed by atoms with Crippen LogP contribution in [0.3, 0.4) is 0 Å². The lowest BCUT2D eigenvalue weighted by Gasteiger charge is -2.23. The number of carboxylic acids is 1. The van der Waals surface area contributed by atoms with Gasteiger partial charge in [0.05, 0.1) is 29.9 Å². The highest BCUT2D eigenvalue weighted by Crippen LogP contribution is 2.26. The molecule has 1 heterocycles. The number of aromatic nitrogens is 1. The summed E-state index contributed by atoms with van der Waals surface area (Å²) in [5.41, 5.74) is 6.56. The van der Waals surface area contributed by atoms with Crippen LogP contribution >= 0.6 is 0 Å². The van der Waals surface area contributed by atoms with E-state index in [9.17, 15) is 4.79 Å². The molecule has 0 radical (unpaired) electrons. The number of anilines is 3. The molecule has 0 atom stereocenters. The molecule has 0 saturated carbocycles. The smallest absolute Gasteiger partial charge is 0.337 e. The van der Waals surface area contributed by atoms with Crippen molar-refractivity contribution >= 4 is 23.2 Å². The van der Waals surface area contributed by atoms with Crippen molar-refractivity contribution in [1.82, 2.24) is 4.98 Å². The first-order valence-corrected chi connectivity index (χ1v) is 6.32. The van der Waals surface area contributed by atoms with Gasteiger partial charge < -0.3 is 15.7 Å². The second-order valence-corrected chi connectivity index (χ2v) is 4.33. The topological polar surface area (TPSA) is 103 Å². The fourth-order valence-corrected chi connectivity index (χ4v) is 1.93. The van der Waals surface area contributed by atoms with E-state index in [1.807, 2.05) is 30.3 Å². The second-order valence-electron chi connectivity index (χ2n) is 4.33. The van der Waals surface area contributed by atoms with Crippen molar-refractivity contribution in [1.29, 1.82) is 5.26 Å². The number of nitriles is 1. The summed E-state index contributed by atoms with van der Waals surface area (Å²) in [6, 6.07) is 12.8. The predicted molar refractivity (Wildman–Crippen MR) is 79.3 cm³/mol. The Morgan fingerprint density at radius 2 is 2.10 bits per heavy atom. The summed E-state index contributed by atoms with van der Waals surface area (Å²) < 4.78 is 0. The number of rotatable bonds is 5. The number of hydrogen-bond donors (Lipinski definition) is 2. The number of pyridine rings is 1. The Kier molecular flexibility index (Phi) is 4.36. The second kappa shape index (κ2) is 6.39. The fourth-order valence-electron chi connectivity index (χ4n) is 1.93. The fraction of sp³-hybridized carbons (Fsp3) is 0.133. The van der Waals surface area contributed by atoms with E-state index in [1.54, 1.807) is 4.90 Å². The average Bonchev–Trinajstić information content (AvgIpc) is 2.50. The molecule has 0 amide bonds. The van der Waals surface area contributed by atoms with Gasteiger partial charge in [0.2, 0.25) is 0 Å². The average molecular weight is 282 g/mol. The third-order valence-electron chi connectivity index (χ3n) is 2.94. The van der Waals surface area contributed by atoms with Gasteiger partial charge in [-0.15, -0.1) is 0 Å². The van der Waals surface area contributed by atoms with Gasteiger partial charge in [-0.3, -0.25) is 0 Å². The van der Waals surface area contributed by atoms with Gasteiger partial charge in [-0.1, -0.05) is 18.2 Å². The molecule has 21 heavy (non-hydrogen) atoms. The van der Waals surface area contributed by atoms with E-state index >= 15 is 0 Å². The van der Waals surface area contributed by atoms with E-state index in [-0.39, 0.29) is 11.3 Å². The summed E-state index contributed by atoms with van der Waals surface area (Å²) in [7, 11) is 0. The highest BCUT2D eigenvalue weighted by atomic mass is 16.4. The Balaban J connectivity index is 2.44. The van der Waals surface area contributed by atoms with Crippen LogP contribution in [0.4, 0.5) is 17.2 Å². The van der Waals surface area contributed by atoms with Crippen molar-refractivity contribution in [3.8, 4) is 6.07 Å². The maximum atomic E-state index is 11.2. The minimum atomic E-state index is -1.11. The molecule has 0 bridgehead atoms. The highest BCUT2D eigenvalue weighted by molar-refractivity contribution is 5.94. The van der Waals surface area contributed by atoms with Gasteiger partial charge in [0.25, 0.3) is 0 Å². The Labute approximate surface area is 122 Å². The first-order valence-electron chi connectivity index (χ1n) is 6.32. The van der Waals surface area contributed by atoms with Crippen molar-refractivity contribution in [3.63, 3.8) is 0 Å². The molecule has 2 aromatic rings. The largest absolute Gasteiger partial charge is 0.478 e. The van der Waals surface area contributed by atoms with E-state index in [4.69, 9.17) is 16.1 Å². The van der Waals surface area contributed by atoms with Crippen LogP contribution in [0, 0.1) is 11.3 Å². The van der Waals surface area contributed by atoms with Gasteiger partial charge in [-0.2, -0.15) is 5.26 Å². The van der Waals surface area contributed by atoms with Crippen molar-refractivity contribution in [2.45, 2.75) is 6.42 Å². The molecule has 0 saturated heterocycles. The highest BCUT2D eigenvalue weighted by Gasteiger charge is 2.15. The van der Waals surface area contributed by atoms with Crippen LogP contribution in [0.5, 0.6) is 0 Å². The molecule has 1 aromatic carbocycles. The van der Waals surface area contributed by atoms with Crippen molar-refractivity contribution < 1.29 is 9.90 Å². The minimum absolute atomic E-state index is 0.00195. The zero-order chi connectivity index (χ0) is 15.2. The van der Waals surface area contributed by atoms with Gasteiger partial charge in [0, 0.05) is 12.2 Å². The van der Waals surface area contributed by atoms with Crippen LogP contribution in [0.25, 0.3) is 0 Å². The Morgan fingerprint density at radius 1 is 1.38 bits per heavy atom. The van der Waals surface area contributed by atoms with E-state index in [0.717, 1.165) is 5.69 Å². The maximum absolute atomic E-state index is 11.2. The van der Waals surface area contributed by atoms with Crippen molar-refractivity contribution in [3.05, 3.63) is 48.2 Å². The molecule has 6 heteroatoms. The van der Waals surface area contributed by atoms with Gasteiger partial charge in [-0.05, 0) is 18.2 Å². The zero-order valence-electron chi connectivity index (χ0n) is 11.2. The molecule has 2 rings (SSSR count). The summed E-state index contributed by atoms with van der Waals surface area (Å²) in [6.07, 6.45) is 1.62. The molecule has 0 unspecified atom stereocenters. The lowest BCUT2D eigenvalue weighted by molar-refractivity contribution is 0.0698.